The smallest absolute Gasteiger partial charge is 0.308 e. The first-order valence-electron chi connectivity index (χ1n) is 5.96. The number of benzene rings is 2. The van der Waals surface area contributed by atoms with Crippen molar-refractivity contribution in [3.63, 3.8) is 0 Å². The van der Waals surface area contributed by atoms with Crippen LogP contribution in [0, 0.1) is 0 Å². The standard InChI is InChI=1S/C15H13ClO3S/c16-10-20(19)14-8-12(11-4-2-1-3-5-11)6-7-13(14)9-15(17)18/h1-8H,9-10H2,(H,17,18). The Morgan fingerprint density at radius 3 is 2.45 bits per heavy atom. The molecule has 0 bridgehead atoms. The summed E-state index contributed by atoms with van der Waals surface area (Å²) in [5, 5.41) is 8.85. The van der Waals surface area contributed by atoms with Gasteiger partial charge in [-0.05, 0) is 11.1 Å². The van der Waals surface area contributed by atoms with Gasteiger partial charge in [-0.2, -0.15) is 0 Å². The minimum atomic E-state index is -1.40. The van der Waals surface area contributed by atoms with Crippen molar-refractivity contribution in [1.82, 2.24) is 0 Å². The van der Waals surface area contributed by atoms with Gasteiger partial charge in [-0.25, -0.2) is 0 Å². The van der Waals surface area contributed by atoms with Crippen LogP contribution in [0.2, 0.25) is 0 Å². The van der Waals surface area contributed by atoms with Crippen molar-refractivity contribution in [2.24, 2.45) is 0 Å². The summed E-state index contributed by atoms with van der Waals surface area (Å²) in [5.41, 5.74) is 2.42. The van der Waals surface area contributed by atoms with E-state index in [-0.39, 0.29) is 11.6 Å². The summed E-state index contributed by atoms with van der Waals surface area (Å²) in [4.78, 5) is 11.3. The number of halogens is 1. The average molecular weight is 309 g/mol. The third kappa shape index (κ3) is 3.54. The summed E-state index contributed by atoms with van der Waals surface area (Å²) in [7, 11) is 0. The van der Waals surface area contributed by atoms with E-state index in [1.165, 1.54) is 0 Å². The summed E-state index contributed by atoms with van der Waals surface area (Å²) in [6.45, 7) is 0. The Hall–Kier alpha value is -1.49. The maximum Gasteiger partial charge on any atom is 0.308 e. The van der Waals surface area contributed by atoms with Crippen molar-refractivity contribution in [3.05, 3.63) is 54.1 Å². The first kappa shape index (κ1) is 14.9. The van der Waals surface area contributed by atoms with E-state index < -0.39 is 17.1 Å². The maximum absolute atomic E-state index is 12.0. The zero-order valence-corrected chi connectivity index (χ0v) is 12.2. The van der Waals surface area contributed by atoms with Gasteiger partial charge in [-0.15, -0.1) is 0 Å². The second-order valence-electron chi connectivity index (χ2n) is 4.21. The van der Waals surface area contributed by atoms with Gasteiger partial charge >= 0.3 is 5.97 Å². The molecule has 0 radical (unpaired) electrons. The lowest BCUT2D eigenvalue weighted by atomic mass is 10.0. The van der Waals surface area contributed by atoms with Crippen LogP contribution < -0.4 is 0 Å². The van der Waals surface area contributed by atoms with Crippen molar-refractivity contribution in [1.29, 1.82) is 0 Å². The van der Waals surface area contributed by atoms with Crippen molar-refractivity contribution in [2.75, 3.05) is 5.21 Å². The fraction of sp³-hybridized carbons (Fsp3) is 0.133. The lowest BCUT2D eigenvalue weighted by Crippen LogP contribution is -2.10. The fourth-order valence-electron chi connectivity index (χ4n) is 1.94. The molecule has 0 aromatic heterocycles. The Labute approximate surface area is 125 Å². The molecule has 2 aromatic carbocycles. The van der Waals surface area contributed by atoms with E-state index in [1.807, 2.05) is 36.4 Å². The van der Waals surface area contributed by atoms with Crippen LogP contribution in [-0.4, -0.2) is 20.8 Å². The number of hydrogen-bond donors (Lipinski definition) is 1. The largest absolute Gasteiger partial charge is 0.610 e. The summed E-state index contributed by atoms with van der Waals surface area (Å²) in [6, 6.07) is 14.9. The monoisotopic (exact) mass is 308 g/mol. The molecule has 2 rings (SSSR count). The summed E-state index contributed by atoms with van der Waals surface area (Å²) in [6.07, 6.45) is -0.160. The van der Waals surface area contributed by atoms with E-state index in [1.54, 1.807) is 12.1 Å². The minimum absolute atomic E-state index is 0.0507. The van der Waals surface area contributed by atoms with Crippen molar-refractivity contribution in [2.45, 2.75) is 11.3 Å². The molecule has 1 N–H and O–H groups in total. The first-order chi connectivity index (χ1) is 9.61. The fourth-order valence-corrected chi connectivity index (χ4v) is 3.11. The number of aliphatic carboxylic acids is 1. The molecule has 20 heavy (non-hydrogen) atoms. The SMILES string of the molecule is O=C(O)Cc1ccc(-c2ccccc2)cc1[S+]([O-])CCl. The number of carboxylic acids is 1. The highest BCUT2D eigenvalue weighted by atomic mass is 35.5. The zero-order chi connectivity index (χ0) is 14.5. The van der Waals surface area contributed by atoms with E-state index >= 15 is 0 Å². The van der Waals surface area contributed by atoms with Gasteiger partial charge in [0, 0.05) is 22.8 Å². The highest BCUT2D eigenvalue weighted by molar-refractivity contribution is 7.92. The van der Waals surface area contributed by atoms with Crippen molar-refractivity contribution >= 4 is 28.7 Å². The van der Waals surface area contributed by atoms with E-state index in [2.05, 4.69) is 0 Å². The van der Waals surface area contributed by atoms with Crippen LogP contribution in [0.25, 0.3) is 11.1 Å². The molecule has 0 aliphatic heterocycles. The summed E-state index contributed by atoms with van der Waals surface area (Å²) >= 11 is 4.25. The number of alkyl halides is 1. The molecule has 104 valence electrons. The molecule has 0 saturated heterocycles. The van der Waals surface area contributed by atoms with Gasteiger partial charge in [0.2, 0.25) is 0 Å². The quantitative estimate of drug-likeness (QED) is 0.681. The Bertz CT molecular complexity index is 601. The summed E-state index contributed by atoms with van der Waals surface area (Å²) in [5.74, 6) is -0.953. The topological polar surface area (TPSA) is 60.4 Å². The maximum atomic E-state index is 12.0. The zero-order valence-electron chi connectivity index (χ0n) is 10.6. The van der Waals surface area contributed by atoms with Crippen LogP contribution in [0.1, 0.15) is 5.56 Å². The molecule has 0 spiro atoms. The Morgan fingerprint density at radius 1 is 1.15 bits per heavy atom. The number of carbonyl (C=O) groups is 1. The molecular weight excluding hydrogens is 296 g/mol. The number of hydrogen-bond acceptors (Lipinski definition) is 2. The van der Waals surface area contributed by atoms with Gasteiger partial charge in [-0.1, -0.05) is 54.1 Å². The highest BCUT2D eigenvalue weighted by Gasteiger charge is 2.18. The molecule has 0 aliphatic carbocycles. The van der Waals surface area contributed by atoms with Crippen LogP contribution in [0.15, 0.2) is 53.4 Å². The van der Waals surface area contributed by atoms with E-state index in [4.69, 9.17) is 16.7 Å². The molecule has 0 saturated carbocycles. The van der Waals surface area contributed by atoms with Crippen LogP contribution in [0.5, 0.6) is 0 Å². The molecule has 0 heterocycles. The third-order valence-electron chi connectivity index (χ3n) is 2.86. The van der Waals surface area contributed by atoms with Gasteiger partial charge in [0.15, 0.2) is 10.1 Å². The van der Waals surface area contributed by atoms with Crippen molar-refractivity contribution < 1.29 is 14.5 Å². The second-order valence-corrected chi connectivity index (χ2v) is 6.22. The molecule has 0 fully saturated rings. The summed E-state index contributed by atoms with van der Waals surface area (Å²) < 4.78 is 12.0. The van der Waals surface area contributed by atoms with Gasteiger partial charge < -0.3 is 9.66 Å². The molecule has 0 aliphatic rings. The number of rotatable bonds is 5. The lowest BCUT2D eigenvalue weighted by molar-refractivity contribution is -0.136. The molecule has 2 aromatic rings. The molecule has 1 unspecified atom stereocenters. The molecule has 0 amide bonds. The van der Waals surface area contributed by atoms with Gasteiger partial charge in [0.25, 0.3) is 0 Å². The van der Waals surface area contributed by atoms with E-state index in [0.717, 1.165) is 11.1 Å². The van der Waals surface area contributed by atoms with E-state index in [9.17, 15) is 9.35 Å². The first-order valence-corrected chi connectivity index (χ1v) is 7.81. The van der Waals surface area contributed by atoms with Crippen LogP contribution in [0.3, 0.4) is 0 Å². The molecule has 3 nitrogen and oxygen atoms in total. The molecule has 1 atom stereocenters. The van der Waals surface area contributed by atoms with Gasteiger partial charge in [0.05, 0.1) is 6.42 Å². The minimum Gasteiger partial charge on any atom is -0.610 e. The molecular formula is C15H13ClO3S. The normalized spacial score (nSPS) is 12.1. The van der Waals surface area contributed by atoms with Gasteiger partial charge in [-0.3, -0.25) is 4.79 Å². The second kappa shape index (κ2) is 6.79. The third-order valence-corrected chi connectivity index (χ3v) is 4.52. The average Bonchev–Trinajstić information content (AvgIpc) is 2.47. The van der Waals surface area contributed by atoms with Gasteiger partial charge in [0.1, 0.15) is 0 Å². The Kier molecular flexibility index (Phi) is 5.06. The number of carboxylic acid groups (broad SMARTS) is 1. The lowest BCUT2D eigenvalue weighted by Gasteiger charge is -2.12. The predicted molar refractivity (Wildman–Crippen MR) is 80.3 cm³/mol. The van der Waals surface area contributed by atoms with E-state index in [0.29, 0.717) is 10.5 Å². The molecule has 5 heteroatoms. The van der Waals surface area contributed by atoms with Crippen LogP contribution >= 0.6 is 11.6 Å². The Morgan fingerprint density at radius 2 is 1.85 bits per heavy atom. The van der Waals surface area contributed by atoms with Crippen LogP contribution in [-0.2, 0) is 22.4 Å². The predicted octanol–water partition coefficient (Wildman–Crippen LogP) is 3.28. The van der Waals surface area contributed by atoms with Crippen LogP contribution in [0.4, 0.5) is 0 Å². The van der Waals surface area contributed by atoms with Crippen molar-refractivity contribution in [3.8, 4) is 11.1 Å². The Balaban J connectivity index is 2.45. The highest BCUT2D eigenvalue weighted by Crippen LogP contribution is 2.26.